The summed E-state index contributed by atoms with van der Waals surface area (Å²) in [5.74, 6) is 1.32. The number of amides is 1. The molecule has 0 spiro atoms. The van der Waals surface area contributed by atoms with Gasteiger partial charge in [0.25, 0.3) is 5.91 Å². The van der Waals surface area contributed by atoms with Crippen LogP contribution in [0.1, 0.15) is 25.7 Å². The number of methoxy groups -OCH3 is 1. The highest BCUT2D eigenvalue weighted by Gasteiger charge is 2.53. The van der Waals surface area contributed by atoms with Crippen LogP contribution < -0.4 is 9.47 Å². The Hall–Kier alpha value is -2.60. The van der Waals surface area contributed by atoms with Gasteiger partial charge in [0.15, 0.2) is 6.61 Å². The third kappa shape index (κ3) is 3.83. The summed E-state index contributed by atoms with van der Waals surface area (Å²) in [7, 11) is 1.75. The van der Waals surface area contributed by atoms with Crippen molar-refractivity contribution in [1.29, 1.82) is 0 Å². The van der Waals surface area contributed by atoms with Crippen LogP contribution in [0.25, 0.3) is 0 Å². The lowest BCUT2D eigenvalue weighted by Crippen LogP contribution is -2.54. The van der Waals surface area contributed by atoms with Crippen LogP contribution in [0.4, 0.5) is 0 Å². The van der Waals surface area contributed by atoms with Gasteiger partial charge in [0.2, 0.25) is 5.88 Å². The number of aromatic nitrogens is 1. The molecule has 1 amide bonds. The van der Waals surface area contributed by atoms with Crippen molar-refractivity contribution in [2.75, 3.05) is 20.3 Å². The summed E-state index contributed by atoms with van der Waals surface area (Å²) < 4.78 is 17.7. The van der Waals surface area contributed by atoms with Gasteiger partial charge in [-0.2, -0.15) is 0 Å². The fraction of sp³-hybridized carbons (Fsp3) is 0.455. The van der Waals surface area contributed by atoms with Crippen LogP contribution in [0.5, 0.6) is 11.6 Å². The maximum Gasteiger partial charge on any atom is 0.260 e. The number of ether oxygens (including phenoxy) is 3. The molecular formula is C22H26N2O4. The Labute approximate surface area is 165 Å². The molecule has 0 radical (unpaired) electrons. The van der Waals surface area contributed by atoms with E-state index < -0.39 is 0 Å². The molecule has 4 rings (SSSR count). The molecule has 2 fully saturated rings. The standard InChI is InChI=1S/C22H26N2O4/c1-26-22-11-10-18(28-20-9-5-6-13-23-20)15-19(22)24(14-12-22)21(25)16-27-17-7-3-2-4-8-17/h2-9,13,18-19H,10-12,14-16H2,1H3/t18-,19-,22+/m0/s1. The van der Waals surface area contributed by atoms with Gasteiger partial charge in [-0.15, -0.1) is 0 Å². The quantitative estimate of drug-likeness (QED) is 0.768. The van der Waals surface area contributed by atoms with Gasteiger partial charge in [-0.05, 0) is 37.5 Å². The van der Waals surface area contributed by atoms with Crippen LogP contribution in [0, 0.1) is 0 Å². The van der Waals surface area contributed by atoms with Crippen LogP contribution in [-0.4, -0.2) is 53.8 Å². The molecule has 28 heavy (non-hydrogen) atoms. The number of likely N-dealkylation sites (tertiary alicyclic amines) is 1. The normalized spacial score (nSPS) is 26.5. The first-order valence-electron chi connectivity index (χ1n) is 9.80. The molecule has 3 atom stereocenters. The molecule has 6 nitrogen and oxygen atoms in total. The van der Waals surface area contributed by atoms with E-state index in [2.05, 4.69) is 4.98 Å². The highest BCUT2D eigenvalue weighted by molar-refractivity contribution is 5.78. The molecule has 0 N–H and O–H groups in total. The number of nitrogens with zero attached hydrogens (tertiary/aromatic N) is 2. The Morgan fingerprint density at radius 1 is 1.18 bits per heavy atom. The Morgan fingerprint density at radius 2 is 2.00 bits per heavy atom. The number of pyridine rings is 1. The first-order chi connectivity index (χ1) is 13.7. The summed E-state index contributed by atoms with van der Waals surface area (Å²) in [6.45, 7) is 0.720. The molecule has 1 aromatic heterocycles. The third-order valence-corrected chi connectivity index (χ3v) is 5.89. The molecular weight excluding hydrogens is 356 g/mol. The van der Waals surface area contributed by atoms with Gasteiger partial charge in [0.1, 0.15) is 11.9 Å². The monoisotopic (exact) mass is 382 g/mol. The zero-order chi connectivity index (χ0) is 19.4. The number of hydrogen-bond acceptors (Lipinski definition) is 5. The van der Waals surface area contributed by atoms with E-state index in [4.69, 9.17) is 14.2 Å². The smallest absolute Gasteiger partial charge is 0.260 e. The Kier molecular flexibility index (Phi) is 5.48. The fourth-order valence-electron chi connectivity index (χ4n) is 4.40. The maximum absolute atomic E-state index is 12.9. The number of para-hydroxylation sites is 1. The van der Waals surface area contributed by atoms with Gasteiger partial charge >= 0.3 is 0 Å². The van der Waals surface area contributed by atoms with E-state index in [1.54, 1.807) is 13.3 Å². The first-order valence-corrected chi connectivity index (χ1v) is 9.80. The summed E-state index contributed by atoms with van der Waals surface area (Å²) in [6.07, 6.45) is 5.09. The molecule has 148 valence electrons. The summed E-state index contributed by atoms with van der Waals surface area (Å²) in [4.78, 5) is 19.1. The molecule has 6 heteroatoms. The Morgan fingerprint density at radius 3 is 2.75 bits per heavy atom. The lowest BCUT2D eigenvalue weighted by Gasteiger charge is -2.43. The van der Waals surface area contributed by atoms with Crippen LogP contribution in [0.15, 0.2) is 54.7 Å². The highest BCUT2D eigenvalue weighted by atomic mass is 16.5. The molecule has 1 saturated heterocycles. The minimum absolute atomic E-state index is 0.00756. The second-order valence-electron chi connectivity index (χ2n) is 7.41. The molecule has 2 aliphatic rings. The van der Waals surface area contributed by atoms with E-state index >= 15 is 0 Å². The summed E-state index contributed by atoms with van der Waals surface area (Å²) in [5.41, 5.74) is -0.285. The second kappa shape index (κ2) is 8.19. The number of rotatable bonds is 6. The van der Waals surface area contributed by atoms with Crippen molar-refractivity contribution in [1.82, 2.24) is 9.88 Å². The van der Waals surface area contributed by atoms with Crippen molar-refractivity contribution in [2.45, 2.75) is 43.4 Å². The van der Waals surface area contributed by atoms with Crippen molar-refractivity contribution in [2.24, 2.45) is 0 Å². The predicted molar refractivity (Wildman–Crippen MR) is 104 cm³/mol. The van der Waals surface area contributed by atoms with E-state index in [1.165, 1.54) is 0 Å². The highest BCUT2D eigenvalue weighted by Crippen LogP contribution is 2.43. The second-order valence-corrected chi connectivity index (χ2v) is 7.41. The lowest BCUT2D eigenvalue weighted by molar-refractivity contribution is -0.141. The molecule has 0 bridgehead atoms. The number of hydrogen-bond donors (Lipinski definition) is 0. The predicted octanol–water partition coefficient (Wildman–Crippen LogP) is 3.08. The van der Waals surface area contributed by atoms with E-state index in [0.717, 1.165) is 25.7 Å². The number of carbonyl (C=O) groups is 1. The summed E-state index contributed by atoms with van der Waals surface area (Å²) in [5, 5.41) is 0. The van der Waals surface area contributed by atoms with Gasteiger partial charge in [-0.1, -0.05) is 24.3 Å². The van der Waals surface area contributed by atoms with Crippen molar-refractivity contribution in [3.63, 3.8) is 0 Å². The molecule has 1 aliphatic heterocycles. The van der Waals surface area contributed by atoms with Gasteiger partial charge in [-0.3, -0.25) is 4.79 Å². The van der Waals surface area contributed by atoms with Crippen LogP contribution in [0.3, 0.4) is 0 Å². The first kappa shape index (κ1) is 18.7. The molecule has 2 aromatic rings. The molecule has 1 aromatic carbocycles. The van der Waals surface area contributed by atoms with Gasteiger partial charge in [0.05, 0.1) is 11.6 Å². The van der Waals surface area contributed by atoms with Crippen molar-refractivity contribution in [3.8, 4) is 11.6 Å². The average molecular weight is 382 g/mol. The topological polar surface area (TPSA) is 60.9 Å². The zero-order valence-corrected chi connectivity index (χ0v) is 16.1. The maximum atomic E-state index is 12.9. The minimum Gasteiger partial charge on any atom is -0.484 e. The number of benzene rings is 1. The SMILES string of the molecule is CO[C@@]12CC[C@H](Oc3ccccn3)C[C@@H]1N(C(=O)COc1ccccc1)CC2. The minimum atomic E-state index is -0.285. The van der Waals surface area contributed by atoms with Gasteiger partial charge in [0, 0.05) is 32.3 Å². The third-order valence-electron chi connectivity index (χ3n) is 5.89. The van der Waals surface area contributed by atoms with E-state index in [9.17, 15) is 4.79 Å². The Balaban J connectivity index is 1.42. The molecule has 2 heterocycles. The van der Waals surface area contributed by atoms with Gasteiger partial charge < -0.3 is 19.1 Å². The van der Waals surface area contributed by atoms with Crippen LogP contribution in [0.2, 0.25) is 0 Å². The van der Waals surface area contributed by atoms with E-state index in [1.807, 2.05) is 53.4 Å². The van der Waals surface area contributed by atoms with Crippen molar-refractivity contribution < 1.29 is 19.0 Å². The molecule has 1 aliphatic carbocycles. The van der Waals surface area contributed by atoms with Crippen molar-refractivity contribution >= 4 is 5.91 Å². The number of carbonyl (C=O) groups excluding carboxylic acids is 1. The van der Waals surface area contributed by atoms with Crippen molar-refractivity contribution in [3.05, 3.63) is 54.7 Å². The van der Waals surface area contributed by atoms with E-state index in [-0.39, 0.29) is 30.3 Å². The van der Waals surface area contributed by atoms with Crippen LogP contribution in [-0.2, 0) is 9.53 Å². The lowest BCUT2D eigenvalue weighted by atomic mass is 9.79. The average Bonchev–Trinajstić information content (AvgIpc) is 3.13. The fourth-order valence-corrected chi connectivity index (χ4v) is 4.40. The van der Waals surface area contributed by atoms with Gasteiger partial charge in [-0.25, -0.2) is 4.98 Å². The molecule has 0 unspecified atom stereocenters. The zero-order valence-electron chi connectivity index (χ0n) is 16.1. The van der Waals surface area contributed by atoms with E-state index in [0.29, 0.717) is 18.2 Å². The Bertz CT molecular complexity index is 786. The van der Waals surface area contributed by atoms with Crippen LogP contribution >= 0.6 is 0 Å². The largest absolute Gasteiger partial charge is 0.484 e. The number of fused-ring (bicyclic) bond motifs is 1. The summed E-state index contributed by atoms with van der Waals surface area (Å²) >= 11 is 0. The molecule has 1 saturated carbocycles. The summed E-state index contributed by atoms with van der Waals surface area (Å²) in [6, 6.07) is 15.1.